The van der Waals surface area contributed by atoms with Crippen LogP contribution in [0.1, 0.15) is 170 Å². The Morgan fingerprint density at radius 3 is 1.86 bits per heavy atom. The lowest BCUT2D eigenvalue weighted by molar-refractivity contribution is -0.219. The molecule has 110 heavy (non-hydrogen) atoms. The molecular weight excluding hydrogens is 1460 g/mol. The quantitative estimate of drug-likeness (QED) is 0.103. The normalized spacial score (nSPS) is 32.1. The summed E-state index contributed by atoms with van der Waals surface area (Å²) in [6.07, 6.45) is -13.9. The Morgan fingerprint density at radius 1 is 0.673 bits per heavy atom. The lowest BCUT2D eigenvalue weighted by Crippen LogP contribution is -2.71. The number of carbonyl (C=O) groups is 12. The summed E-state index contributed by atoms with van der Waals surface area (Å²) >= 11 is 0. The number of nitrogens with zero attached hydrogens (tertiary/aromatic N) is 9. The van der Waals surface area contributed by atoms with Gasteiger partial charge in [-0.3, -0.25) is 57.5 Å². The van der Waals surface area contributed by atoms with Crippen LogP contribution in [0.3, 0.4) is 0 Å². The van der Waals surface area contributed by atoms with Crippen molar-refractivity contribution in [3.05, 3.63) is 12.2 Å². The van der Waals surface area contributed by atoms with E-state index in [9.17, 15) is 50.3 Å². The molecule has 2 unspecified atom stereocenters. The molecule has 4 aliphatic carbocycles. The topological polar surface area (TPSA) is 289 Å². The predicted molar refractivity (Wildman–Crippen MR) is 387 cm³/mol. The summed E-state index contributed by atoms with van der Waals surface area (Å²) in [5, 5.41) is 8.31. The van der Waals surface area contributed by atoms with Crippen LogP contribution in [0.15, 0.2) is 12.2 Å². The number of amides is 12. The number of methoxy groups -OCH3 is 1. The van der Waals surface area contributed by atoms with Gasteiger partial charge in [0.2, 0.25) is 70.9 Å². The monoisotopic (exact) mass is 1570 g/mol. The molecule has 3 heterocycles. The molecule has 34 heteroatoms. The maximum Gasteiger partial charge on any atom is 0.397 e. The molecule has 4 saturated carbocycles. The van der Waals surface area contributed by atoms with E-state index in [-0.39, 0.29) is 96.9 Å². The molecule has 0 radical (unpaired) electrons. The molecule has 7 aliphatic rings. The SMILES string of the molecule is CCCOC[C@H]1C(=O)N[C@@H]([C@@H](C)OC)C(=O)N(C)CC(=O)N(C)[C@H]2C/C=C\CCN(C2=O)[C@@H](CC2CCC(C(F)(F)F)CC2)C(=O)N(C)CC(=O)N[C@@H](CCC2CC(F)C(C(F)(F)F)C(F)C2)C(=O)N2C[C@@H](C)C[C@H]2C(=O)NC2(CC(C)(C)C2)C(=O)N(C)[C@@H](C2CCCC2)C(=O)N(C)[C@H](C(=O)N(C)CC)CC(=O)N1C. The molecule has 6 fully saturated rings. The minimum absolute atomic E-state index is 0.00642. The summed E-state index contributed by atoms with van der Waals surface area (Å²) in [4.78, 5) is 192. The summed E-state index contributed by atoms with van der Waals surface area (Å²) < 4.78 is 127. The van der Waals surface area contributed by atoms with E-state index in [1.165, 1.54) is 83.0 Å². The van der Waals surface area contributed by atoms with Crippen LogP contribution in [-0.2, 0) is 67.0 Å². The summed E-state index contributed by atoms with van der Waals surface area (Å²) in [5.41, 5.74) is -2.34. The third-order valence-electron chi connectivity index (χ3n) is 24.1. The second-order valence-electron chi connectivity index (χ2n) is 33.0. The van der Waals surface area contributed by atoms with E-state index in [1.807, 2.05) is 20.8 Å². The van der Waals surface area contributed by atoms with Crippen LogP contribution in [0, 0.1) is 40.9 Å². The standard InChI is InChI=1S/C76H118F8N12O14/c1-15-32-110-41-57-64(100)86-62(45(4)109-14)70(106)90(9)40-60(99)91(10)53-24-18-17-21-31-95(69(53)105)56(36-46-25-28-49(29-26-46)75(79,80)81)68(104)89(8)39-58(97)85-52(30-27-47-34-50(77)61(51(78)35-47)76(82,83)84)66(102)96-38-44(3)33-54(96)65(101)87-74(42-73(5,6)43-74)72(108)94(13)63(48-22-19-20-23-48)71(107)93(12)55(37-59(98)92(57)11)67(103)88(7)16-2/h17-18,44-57,61-63H,15-16,19-43H2,1-14H3,(H,85,97)(H,86,100)(H,87,101)/b18-17-/t44-,45+,46?,47?,49?,50?,51?,52-,53-,54-,55-,56-,57-,61?,62-,63-/m0/s1. The summed E-state index contributed by atoms with van der Waals surface area (Å²) in [5.74, 6) is -17.1. The first-order chi connectivity index (χ1) is 51.4. The number of likely N-dealkylation sites (N-methyl/N-ethyl adjacent to an activating group) is 7. The Labute approximate surface area is 640 Å². The molecule has 2 saturated heterocycles. The maximum absolute atomic E-state index is 15.8. The van der Waals surface area contributed by atoms with E-state index in [4.69, 9.17) is 9.47 Å². The van der Waals surface area contributed by atoms with Gasteiger partial charge in [-0.05, 0) is 152 Å². The van der Waals surface area contributed by atoms with Crippen molar-refractivity contribution in [1.82, 2.24) is 60.0 Å². The number of fused-ring (bicyclic) bond motifs is 3. The van der Waals surface area contributed by atoms with E-state index in [0.717, 1.165) is 24.5 Å². The Bertz CT molecular complexity index is 3300. The van der Waals surface area contributed by atoms with Crippen LogP contribution in [0.5, 0.6) is 0 Å². The van der Waals surface area contributed by atoms with Crippen molar-refractivity contribution in [3.63, 3.8) is 0 Å². The second kappa shape index (κ2) is 38.0. The average Bonchev–Trinajstić information content (AvgIpc) is 0.930. The zero-order valence-electron chi connectivity index (χ0n) is 66.3. The van der Waals surface area contributed by atoms with E-state index in [2.05, 4.69) is 16.0 Å². The molecule has 2 bridgehead atoms. The van der Waals surface area contributed by atoms with E-state index >= 15 is 42.3 Å². The Balaban J connectivity index is 1.33. The highest BCUT2D eigenvalue weighted by Crippen LogP contribution is 2.50. The lowest BCUT2D eigenvalue weighted by atomic mass is 9.58. The number of hydrogen-bond acceptors (Lipinski definition) is 14. The first kappa shape index (κ1) is 89.9. The lowest BCUT2D eigenvalue weighted by Gasteiger charge is -2.54. The molecule has 12 atom stereocenters. The molecule has 7 rings (SSSR count). The first-order valence-electron chi connectivity index (χ1n) is 38.9. The third kappa shape index (κ3) is 21.7. The number of rotatable bonds is 14. The summed E-state index contributed by atoms with van der Waals surface area (Å²) in [7, 11) is 10.5. The van der Waals surface area contributed by atoms with Gasteiger partial charge in [0.25, 0.3) is 0 Å². The number of carbonyl (C=O) groups excluding carboxylic acids is 12. The highest BCUT2D eigenvalue weighted by Gasteiger charge is 2.60. The Hall–Kier alpha value is -7.26. The molecule has 26 nitrogen and oxygen atoms in total. The summed E-state index contributed by atoms with van der Waals surface area (Å²) in [6, 6.07) is -11.9. The zero-order valence-corrected chi connectivity index (χ0v) is 66.3. The number of ether oxygens (including phenoxy) is 2. The molecule has 12 amide bonds. The van der Waals surface area contributed by atoms with E-state index in [1.54, 1.807) is 26.0 Å². The number of halogens is 8. The molecule has 0 aromatic rings. The van der Waals surface area contributed by atoms with Gasteiger partial charge in [0.05, 0.1) is 38.1 Å². The third-order valence-corrected chi connectivity index (χ3v) is 24.1. The molecular formula is C76H118F8N12O14. The van der Waals surface area contributed by atoms with Crippen molar-refractivity contribution >= 4 is 70.9 Å². The maximum atomic E-state index is 15.8. The number of nitrogens with one attached hydrogen (secondary N) is 3. The second-order valence-corrected chi connectivity index (χ2v) is 33.0. The molecule has 622 valence electrons. The van der Waals surface area contributed by atoms with E-state index in [0.29, 0.717) is 32.1 Å². The largest absolute Gasteiger partial charge is 0.397 e. The van der Waals surface area contributed by atoms with Crippen LogP contribution in [0.4, 0.5) is 35.1 Å². The van der Waals surface area contributed by atoms with Crippen molar-refractivity contribution in [2.24, 2.45) is 40.9 Å². The van der Waals surface area contributed by atoms with Crippen LogP contribution in [-0.4, -0.2) is 302 Å². The van der Waals surface area contributed by atoms with Gasteiger partial charge in [-0.2, -0.15) is 26.3 Å². The zero-order chi connectivity index (χ0) is 82.0. The van der Waals surface area contributed by atoms with Crippen molar-refractivity contribution in [2.45, 2.75) is 255 Å². The van der Waals surface area contributed by atoms with Crippen molar-refractivity contribution < 1.29 is 102 Å². The predicted octanol–water partition coefficient (Wildman–Crippen LogP) is 5.98. The number of hydrogen-bond donors (Lipinski definition) is 3. The molecule has 3 N–H and O–H groups in total. The van der Waals surface area contributed by atoms with Gasteiger partial charge >= 0.3 is 12.4 Å². The minimum atomic E-state index is -5.21. The van der Waals surface area contributed by atoms with Gasteiger partial charge in [-0.25, -0.2) is 8.78 Å². The van der Waals surface area contributed by atoms with Crippen LogP contribution in [0.25, 0.3) is 0 Å². The number of alkyl halides is 8. The van der Waals surface area contributed by atoms with Gasteiger partial charge in [0.15, 0.2) is 0 Å². The molecule has 0 aromatic heterocycles. The Kier molecular flexibility index (Phi) is 31.1. The average molecular weight is 1580 g/mol. The first-order valence-corrected chi connectivity index (χ1v) is 38.9. The van der Waals surface area contributed by atoms with Gasteiger partial charge < -0.3 is 69.5 Å². The van der Waals surface area contributed by atoms with Crippen molar-refractivity contribution in [2.75, 3.05) is 102 Å². The fraction of sp³-hybridized carbons (Fsp3) is 0.816. The molecule has 3 aliphatic heterocycles. The Morgan fingerprint density at radius 2 is 1.29 bits per heavy atom. The minimum Gasteiger partial charge on any atom is -0.379 e. The fourth-order valence-electron chi connectivity index (χ4n) is 17.6. The summed E-state index contributed by atoms with van der Waals surface area (Å²) in [6.45, 7) is 8.31. The highest BCUT2D eigenvalue weighted by atomic mass is 19.4. The van der Waals surface area contributed by atoms with Crippen molar-refractivity contribution in [3.8, 4) is 0 Å². The molecule has 0 aromatic carbocycles. The highest BCUT2D eigenvalue weighted by molar-refractivity contribution is 6.01. The smallest absolute Gasteiger partial charge is 0.379 e. The van der Waals surface area contributed by atoms with Gasteiger partial charge in [-0.15, -0.1) is 0 Å². The van der Waals surface area contributed by atoms with E-state index < -0.39 is 242 Å². The van der Waals surface area contributed by atoms with Crippen LogP contribution < -0.4 is 16.0 Å². The van der Waals surface area contributed by atoms with Crippen LogP contribution >= 0.6 is 0 Å². The fourth-order valence-corrected chi connectivity index (χ4v) is 17.6. The van der Waals surface area contributed by atoms with Gasteiger partial charge in [0.1, 0.15) is 72.1 Å². The van der Waals surface area contributed by atoms with Gasteiger partial charge in [0, 0.05) is 82.7 Å². The van der Waals surface area contributed by atoms with Crippen molar-refractivity contribution in [1.29, 1.82) is 0 Å². The van der Waals surface area contributed by atoms with Crippen LogP contribution in [0.2, 0.25) is 0 Å². The molecule has 1 spiro atoms. The van der Waals surface area contributed by atoms with Gasteiger partial charge in [-0.1, -0.05) is 52.7 Å².